The van der Waals surface area contributed by atoms with E-state index in [-0.39, 0.29) is 43.0 Å². The van der Waals surface area contributed by atoms with E-state index in [1.54, 1.807) is 45.0 Å². The van der Waals surface area contributed by atoms with Crippen LogP contribution in [0.3, 0.4) is 0 Å². The molecule has 302 valence electrons. The summed E-state index contributed by atoms with van der Waals surface area (Å²) >= 11 is 6.14. The van der Waals surface area contributed by atoms with Gasteiger partial charge in [0.05, 0.1) is 22.7 Å². The van der Waals surface area contributed by atoms with Crippen LogP contribution in [0.25, 0.3) is 11.0 Å². The zero-order chi connectivity index (χ0) is 39.6. The number of fused-ring (bicyclic) bond motifs is 1. The van der Waals surface area contributed by atoms with Gasteiger partial charge in [-0.05, 0) is 95.4 Å². The number of aromatic nitrogens is 3. The number of amides is 3. The zero-order valence-electron chi connectivity index (χ0n) is 32.0. The number of unbranched alkanes of at least 4 members (excludes halogenated alkanes) is 1. The van der Waals surface area contributed by atoms with Crippen LogP contribution in [0.4, 0.5) is 10.6 Å². The Hall–Kier alpha value is -3.99. The van der Waals surface area contributed by atoms with Gasteiger partial charge in [0.2, 0.25) is 21.8 Å². The number of rotatable bonds is 16. The normalized spacial score (nSPS) is 17.7. The first kappa shape index (κ1) is 42.2. The Morgan fingerprint density at radius 1 is 1.02 bits per heavy atom. The van der Waals surface area contributed by atoms with Crippen LogP contribution in [0, 0.1) is 5.92 Å². The van der Waals surface area contributed by atoms with Crippen molar-refractivity contribution >= 4 is 56.4 Å². The molecule has 3 amide bonds. The van der Waals surface area contributed by atoms with Crippen LogP contribution < -0.4 is 31.3 Å². The highest BCUT2D eigenvalue weighted by Gasteiger charge is 2.39. The molecule has 0 radical (unpaired) electrons. The van der Waals surface area contributed by atoms with Gasteiger partial charge in [0, 0.05) is 37.4 Å². The smallest absolute Gasteiger partial charge is 0.408 e. The van der Waals surface area contributed by atoms with E-state index in [1.807, 2.05) is 12.3 Å². The monoisotopic (exact) mass is 801 g/mol. The maximum atomic E-state index is 13.7. The molecule has 0 bridgehead atoms. The number of nitrogens with one attached hydrogen (secondary N) is 5. The lowest BCUT2D eigenvalue weighted by Crippen LogP contribution is -2.60. The molecular weight excluding hydrogens is 746 g/mol. The summed E-state index contributed by atoms with van der Waals surface area (Å²) in [5.74, 6) is 0.0801. The summed E-state index contributed by atoms with van der Waals surface area (Å²) in [6.45, 7) is 6.72. The Morgan fingerprint density at radius 3 is 2.42 bits per heavy atom. The molecule has 0 spiro atoms. The molecule has 2 aliphatic rings. The molecule has 15 nitrogen and oxygen atoms in total. The van der Waals surface area contributed by atoms with E-state index in [9.17, 15) is 22.8 Å². The van der Waals surface area contributed by atoms with Crippen LogP contribution in [0.15, 0.2) is 42.9 Å². The molecule has 3 heterocycles. The van der Waals surface area contributed by atoms with E-state index in [2.05, 4.69) is 40.5 Å². The number of alkyl carbamates (subject to hydrolysis) is 1. The molecule has 1 saturated heterocycles. The van der Waals surface area contributed by atoms with Crippen LogP contribution >= 0.6 is 11.6 Å². The summed E-state index contributed by atoms with van der Waals surface area (Å²) < 4.78 is 34.0. The number of carbonyl (C=O) groups is 3. The van der Waals surface area contributed by atoms with Gasteiger partial charge in [-0.25, -0.2) is 27.9 Å². The lowest BCUT2D eigenvalue weighted by Gasteiger charge is -2.39. The van der Waals surface area contributed by atoms with Gasteiger partial charge in [0.25, 0.3) is 0 Å². The number of nitrogens with two attached hydrogens (primary N) is 1. The third-order valence-electron chi connectivity index (χ3n) is 10.3. The highest BCUT2D eigenvalue weighted by atomic mass is 35.5. The van der Waals surface area contributed by atoms with Gasteiger partial charge in [-0.1, -0.05) is 43.0 Å². The van der Waals surface area contributed by atoms with Crippen molar-refractivity contribution in [3.63, 3.8) is 0 Å². The fourth-order valence-electron chi connectivity index (χ4n) is 7.24. The topological polar surface area (TPSA) is 214 Å². The number of sulfonamides is 1. The van der Waals surface area contributed by atoms with E-state index in [1.165, 1.54) is 6.33 Å². The van der Waals surface area contributed by atoms with Crippen LogP contribution in [-0.4, -0.2) is 90.4 Å². The van der Waals surface area contributed by atoms with Gasteiger partial charge in [-0.15, -0.1) is 0 Å². The third kappa shape index (κ3) is 12.2. The van der Waals surface area contributed by atoms with Gasteiger partial charge in [0.1, 0.15) is 29.4 Å². The Kier molecular flexibility index (Phi) is 14.4. The first-order valence-corrected chi connectivity index (χ1v) is 21.3. The molecule has 1 aliphatic carbocycles. The van der Waals surface area contributed by atoms with Crippen molar-refractivity contribution in [2.75, 3.05) is 36.8 Å². The SMILES string of the molecule is CC(C)(C)OC(=O)N[C@@H](C(=O)NCCCCS(=O)(=O)NCC[C@H](NC(=O)C1(N)CCN(c2ncnc3[nH]ccc23)CC1)c1ccc(Cl)cc1)C1CCCCC1. The highest BCUT2D eigenvalue weighted by molar-refractivity contribution is 7.89. The molecule has 7 N–H and O–H groups in total. The van der Waals surface area contributed by atoms with E-state index < -0.39 is 39.3 Å². The average Bonchev–Trinajstić information content (AvgIpc) is 3.63. The number of anilines is 1. The van der Waals surface area contributed by atoms with Crippen LogP contribution in [0.1, 0.15) is 96.6 Å². The van der Waals surface area contributed by atoms with E-state index in [0.717, 1.165) is 54.5 Å². The minimum atomic E-state index is -3.65. The van der Waals surface area contributed by atoms with E-state index in [0.29, 0.717) is 43.8 Å². The van der Waals surface area contributed by atoms with Crippen molar-refractivity contribution in [2.45, 2.75) is 108 Å². The minimum Gasteiger partial charge on any atom is -0.444 e. The number of benzene rings is 1. The van der Waals surface area contributed by atoms with E-state index >= 15 is 0 Å². The summed E-state index contributed by atoms with van der Waals surface area (Å²) in [4.78, 5) is 53.4. The fourth-order valence-corrected chi connectivity index (χ4v) is 8.53. The molecule has 1 aromatic carbocycles. The number of carbonyl (C=O) groups excluding carboxylic acids is 3. The van der Waals surface area contributed by atoms with Crippen molar-refractivity contribution in [1.29, 1.82) is 0 Å². The van der Waals surface area contributed by atoms with Crippen LogP contribution in [-0.2, 0) is 24.3 Å². The Bertz CT molecular complexity index is 1850. The lowest BCUT2D eigenvalue weighted by atomic mass is 9.83. The predicted molar refractivity (Wildman–Crippen MR) is 213 cm³/mol. The second-order valence-electron chi connectivity index (χ2n) is 15.7. The van der Waals surface area contributed by atoms with Gasteiger partial charge in [0.15, 0.2) is 0 Å². The highest BCUT2D eigenvalue weighted by Crippen LogP contribution is 2.30. The molecular formula is C38H56ClN9O6S. The maximum absolute atomic E-state index is 13.7. The number of H-pyrrole nitrogens is 1. The summed E-state index contributed by atoms with van der Waals surface area (Å²) in [7, 11) is -3.65. The van der Waals surface area contributed by atoms with Crippen molar-refractivity contribution in [3.05, 3.63) is 53.4 Å². The lowest BCUT2D eigenvalue weighted by molar-refractivity contribution is -0.128. The molecule has 3 aromatic rings. The number of halogens is 1. The average molecular weight is 802 g/mol. The van der Waals surface area contributed by atoms with E-state index in [4.69, 9.17) is 22.1 Å². The first-order valence-electron chi connectivity index (χ1n) is 19.3. The number of hydrogen-bond donors (Lipinski definition) is 6. The van der Waals surface area contributed by atoms with Crippen molar-refractivity contribution in [1.82, 2.24) is 35.6 Å². The van der Waals surface area contributed by atoms with Gasteiger partial charge in [-0.3, -0.25) is 9.59 Å². The largest absolute Gasteiger partial charge is 0.444 e. The number of aromatic amines is 1. The molecule has 2 fully saturated rings. The van der Waals surface area contributed by atoms with Crippen LogP contribution in [0.2, 0.25) is 5.02 Å². The van der Waals surface area contributed by atoms with Gasteiger partial charge < -0.3 is 36.3 Å². The Labute approximate surface area is 328 Å². The van der Waals surface area contributed by atoms with Crippen LogP contribution in [0.5, 0.6) is 0 Å². The minimum absolute atomic E-state index is 0.0159. The molecule has 2 aromatic heterocycles. The summed E-state index contributed by atoms with van der Waals surface area (Å²) in [6.07, 6.45) is 9.32. The van der Waals surface area contributed by atoms with Crippen molar-refractivity contribution in [2.24, 2.45) is 11.7 Å². The molecule has 55 heavy (non-hydrogen) atoms. The molecule has 1 aliphatic heterocycles. The first-order chi connectivity index (χ1) is 26.1. The second-order valence-corrected chi connectivity index (χ2v) is 18.0. The molecule has 5 rings (SSSR count). The number of ether oxygens (including phenoxy) is 1. The van der Waals surface area contributed by atoms with Gasteiger partial charge in [-0.2, -0.15) is 0 Å². The standard InChI is InChI=1S/C38H56ClN9O6S/c1-37(2,3)54-36(51)47-31(27-9-5-4-6-10-27)34(49)42-19-7-8-24-55(52,53)45-21-16-30(26-11-13-28(39)14-12-26)46-35(50)38(40)17-22-48(23-18-38)33-29-15-20-41-32(29)43-25-44-33/h11-15,20,25,27,30-31,45H,4-10,16-19,21-24,40H2,1-3H3,(H,42,49)(H,46,50)(H,47,51)(H,41,43,44)/t30-,31+/m0/s1. The van der Waals surface area contributed by atoms with Crippen molar-refractivity contribution in [3.8, 4) is 0 Å². The summed E-state index contributed by atoms with van der Waals surface area (Å²) in [5, 5.41) is 10.2. The quantitative estimate of drug-likeness (QED) is 0.112. The number of hydrogen-bond acceptors (Lipinski definition) is 10. The molecule has 0 unspecified atom stereocenters. The maximum Gasteiger partial charge on any atom is 0.408 e. The second kappa shape index (κ2) is 18.8. The third-order valence-corrected chi connectivity index (χ3v) is 12.0. The Balaban J connectivity index is 1.09. The van der Waals surface area contributed by atoms with Gasteiger partial charge >= 0.3 is 6.09 Å². The number of nitrogens with zero attached hydrogens (tertiary/aromatic N) is 3. The summed E-state index contributed by atoms with van der Waals surface area (Å²) in [5.41, 5.74) is 6.42. The molecule has 2 atom stereocenters. The predicted octanol–water partition coefficient (Wildman–Crippen LogP) is 4.45. The fraction of sp³-hybridized carbons (Fsp3) is 0.605. The Morgan fingerprint density at radius 2 is 1.73 bits per heavy atom. The molecule has 17 heteroatoms. The van der Waals surface area contributed by atoms with Crippen molar-refractivity contribution < 1.29 is 27.5 Å². The summed E-state index contributed by atoms with van der Waals surface area (Å²) in [6, 6.07) is 7.76. The molecule has 1 saturated carbocycles. The number of piperidine rings is 1. The zero-order valence-corrected chi connectivity index (χ0v) is 33.6.